The van der Waals surface area contributed by atoms with E-state index in [0.717, 1.165) is 30.2 Å². The lowest BCUT2D eigenvalue weighted by atomic mass is 10.0. The molecule has 2 atom stereocenters. The van der Waals surface area contributed by atoms with Gasteiger partial charge in [-0.25, -0.2) is 9.97 Å². The quantitative estimate of drug-likeness (QED) is 0.827. The van der Waals surface area contributed by atoms with Gasteiger partial charge in [0.15, 0.2) is 5.65 Å². The highest BCUT2D eigenvalue weighted by Gasteiger charge is 2.32. The summed E-state index contributed by atoms with van der Waals surface area (Å²) >= 11 is 0. The zero-order valence-corrected chi connectivity index (χ0v) is 10.1. The number of hydrogen-bond donors (Lipinski definition) is 1. The average Bonchev–Trinajstić information content (AvgIpc) is 2.94. The topological polar surface area (TPSA) is 52.0 Å². The molecule has 0 bridgehead atoms. The van der Waals surface area contributed by atoms with Crippen LogP contribution in [0.5, 0.6) is 0 Å². The van der Waals surface area contributed by atoms with Crippen LogP contribution in [0.4, 0.5) is 0 Å². The first-order chi connectivity index (χ1) is 8.31. The number of hydrogen-bond acceptors (Lipinski definition) is 4. The van der Waals surface area contributed by atoms with Crippen LogP contribution in [0.2, 0.25) is 0 Å². The summed E-state index contributed by atoms with van der Waals surface area (Å²) in [7, 11) is 3.98. The number of likely N-dealkylation sites (N-methyl/N-ethyl adjacent to an activating group) is 1. The summed E-state index contributed by atoms with van der Waals surface area (Å²) in [6.45, 7) is 1.47. The van der Waals surface area contributed by atoms with E-state index in [-0.39, 0.29) is 0 Å². The Labute approximate surface area is 99.8 Å². The molecule has 5 heteroatoms. The van der Waals surface area contributed by atoms with Crippen molar-refractivity contribution < 1.29 is 4.74 Å². The van der Waals surface area contributed by atoms with Crippen LogP contribution < -0.4 is 5.32 Å². The Morgan fingerprint density at radius 1 is 1.47 bits per heavy atom. The second kappa shape index (κ2) is 4.09. The van der Waals surface area contributed by atoms with Gasteiger partial charge in [-0.1, -0.05) is 0 Å². The molecule has 2 aromatic rings. The SMILES string of the molecule is CNC1COCC1c1nc2cccnc2n1C. The van der Waals surface area contributed by atoms with Gasteiger partial charge in [-0.15, -0.1) is 0 Å². The number of nitrogens with zero attached hydrogens (tertiary/aromatic N) is 3. The highest BCUT2D eigenvalue weighted by molar-refractivity contribution is 5.71. The molecule has 0 aliphatic carbocycles. The molecule has 1 aliphatic rings. The zero-order valence-electron chi connectivity index (χ0n) is 10.1. The van der Waals surface area contributed by atoms with E-state index in [4.69, 9.17) is 4.74 Å². The third-order valence-electron chi connectivity index (χ3n) is 3.45. The Bertz CT molecular complexity index is 536. The van der Waals surface area contributed by atoms with E-state index in [1.807, 2.05) is 26.2 Å². The summed E-state index contributed by atoms with van der Waals surface area (Å²) in [5, 5.41) is 3.29. The van der Waals surface area contributed by atoms with Gasteiger partial charge in [0, 0.05) is 19.3 Å². The minimum Gasteiger partial charge on any atom is -0.379 e. The van der Waals surface area contributed by atoms with Crippen molar-refractivity contribution in [1.29, 1.82) is 0 Å². The van der Waals surface area contributed by atoms with Crippen molar-refractivity contribution in [3.8, 4) is 0 Å². The van der Waals surface area contributed by atoms with E-state index in [1.165, 1.54) is 0 Å². The van der Waals surface area contributed by atoms with Gasteiger partial charge in [0.2, 0.25) is 0 Å². The van der Waals surface area contributed by atoms with Crippen LogP contribution in [0.25, 0.3) is 11.2 Å². The van der Waals surface area contributed by atoms with Crippen molar-refractivity contribution in [3.63, 3.8) is 0 Å². The van der Waals surface area contributed by atoms with Crippen molar-refractivity contribution in [2.45, 2.75) is 12.0 Å². The third kappa shape index (κ3) is 1.62. The monoisotopic (exact) mass is 232 g/mol. The molecule has 0 spiro atoms. The molecule has 5 nitrogen and oxygen atoms in total. The molecule has 17 heavy (non-hydrogen) atoms. The number of pyridine rings is 1. The molecule has 3 rings (SSSR count). The molecule has 0 amide bonds. The van der Waals surface area contributed by atoms with Gasteiger partial charge in [0.25, 0.3) is 0 Å². The van der Waals surface area contributed by atoms with E-state index < -0.39 is 0 Å². The number of imidazole rings is 1. The molecule has 2 unspecified atom stereocenters. The van der Waals surface area contributed by atoms with Gasteiger partial charge >= 0.3 is 0 Å². The van der Waals surface area contributed by atoms with Crippen LogP contribution in [-0.4, -0.2) is 40.8 Å². The first-order valence-electron chi connectivity index (χ1n) is 5.83. The lowest BCUT2D eigenvalue weighted by Crippen LogP contribution is -2.32. The molecule has 0 aromatic carbocycles. The molecule has 0 saturated carbocycles. The van der Waals surface area contributed by atoms with E-state index in [9.17, 15) is 0 Å². The number of aromatic nitrogens is 3. The number of fused-ring (bicyclic) bond motifs is 1. The summed E-state index contributed by atoms with van der Waals surface area (Å²) in [6, 6.07) is 4.25. The molecule has 1 aliphatic heterocycles. The Hall–Kier alpha value is -1.46. The maximum atomic E-state index is 5.53. The maximum Gasteiger partial charge on any atom is 0.159 e. The second-order valence-corrected chi connectivity index (χ2v) is 4.41. The van der Waals surface area contributed by atoms with Crippen LogP contribution in [0.3, 0.4) is 0 Å². The van der Waals surface area contributed by atoms with Crippen molar-refractivity contribution >= 4 is 11.2 Å². The summed E-state index contributed by atoms with van der Waals surface area (Å²) in [4.78, 5) is 9.04. The third-order valence-corrected chi connectivity index (χ3v) is 3.45. The van der Waals surface area contributed by atoms with Crippen molar-refractivity contribution in [2.75, 3.05) is 20.3 Å². The molecule has 1 saturated heterocycles. The summed E-state index contributed by atoms with van der Waals surface area (Å²) in [6.07, 6.45) is 1.80. The van der Waals surface area contributed by atoms with Gasteiger partial charge in [-0.2, -0.15) is 0 Å². The first kappa shape index (κ1) is 10.7. The zero-order chi connectivity index (χ0) is 11.8. The molecule has 2 aromatic heterocycles. The normalized spacial score (nSPS) is 24.6. The lowest BCUT2D eigenvalue weighted by Gasteiger charge is -2.16. The van der Waals surface area contributed by atoms with Crippen LogP contribution in [0, 0.1) is 0 Å². The average molecular weight is 232 g/mol. The fraction of sp³-hybridized carbons (Fsp3) is 0.500. The van der Waals surface area contributed by atoms with E-state index in [2.05, 4.69) is 19.9 Å². The fourth-order valence-corrected chi connectivity index (χ4v) is 2.47. The van der Waals surface area contributed by atoms with E-state index in [1.54, 1.807) is 6.20 Å². The van der Waals surface area contributed by atoms with Crippen molar-refractivity contribution in [2.24, 2.45) is 7.05 Å². The molecular weight excluding hydrogens is 216 g/mol. The number of rotatable bonds is 2. The Balaban J connectivity index is 2.08. The highest BCUT2D eigenvalue weighted by atomic mass is 16.5. The van der Waals surface area contributed by atoms with E-state index in [0.29, 0.717) is 12.0 Å². The second-order valence-electron chi connectivity index (χ2n) is 4.41. The number of nitrogens with one attached hydrogen (secondary N) is 1. The minimum atomic E-state index is 0.305. The smallest absolute Gasteiger partial charge is 0.159 e. The van der Waals surface area contributed by atoms with Crippen molar-refractivity contribution in [3.05, 3.63) is 24.2 Å². The standard InChI is InChI=1S/C12H16N4O/c1-13-10-7-17-6-8(10)11-15-9-4-3-5-14-12(9)16(11)2/h3-5,8,10,13H,6-7H2,1-2H3. The predicted molar refractivity (Wildman–Crippen MR) is 64.9 cm³/mol. The van der Waals surface area contributed by atoms with Crippen molar-refractivity contribution in [1.82, 2.24) is 19.9 Å². The van der Waals surface area contributed by atoms with Gasteiger partial charge in [-0.3, -0.25) is 0 Å². The fourth-order valence-electron chi connectivity index (χ4n) is 2.47. The summed E-state index contributed by atoms with van der Waals surface area (Å²) in [5.74, 6) is 1.36. The van der Waals surface area contributed by atoms with E-state index >= 15 is 0 Å². The van der Waals surface area contributed by atoms with Gasteiger partial charge in [-0.05, 0) is 19.2 Å². The molecule has 3 heterocycles. The van der Waals surface area contributed by atoms with Gasteiger partial charge < -0.3 is 14.6 Å². The number of ether oxygens (including phenoxy) is 1. The van der Waals surface area contributed by atoms with Gasteiger partial charge in [0.1, 0.15) is 11.3 Å². The molecule has 0 radical (unpaired) electrons. The minimum absolute atomic E-state index is 0.305. The highest BCUT2D eigenvalue weighted by Crippen LogP contribution is 2.26. The predicted octanol–water partition coefficient (Wildman–Crippen LogP) is 0.670. The summed E-state index contributed by atoms with van der Waals surface area (Å²) in [5.41, 5.74) is 1.89. The first-order valence-corrected chi connectivity index (χ1v) is 5.83. The van der Waals surface area contributed by atoms with Crippen LogP contribution in [-0.2, 0) is 11.8 Å². The van der Waals surface area contributed by atoms with Gasteiger partial charge in [0.05, 0.1) is 19.1 Å². The summed E-state index contributed by atoms with van der Waals surface area (Å²) < 4.78 is 7.60. The maximum absolute atomic E-state index is 5.53. The molecule has 90 valence electrons. The lowest BCUT2D eigenvalue weighted by molar-refractivity contribution is 0.188. The Morgan fingerprint density at radius 3 is 3.12 bits per heavy atom. The molecule has 1 fully saturated rings. The largest absolute Gasteiger partial charge is 0.379 e. The van der Waals surface area contributed by atoms with Crippen LogP contribution in [0.1, 0.15) is 11.7 Å². The number of aryl methyl sites for hydroxylation is 1. The molecule has 1 N–H and O–H groups in total. The van der Waals surface area contributed by atoms with Crippen LogP contribution >= 0.6 is 0 Å². The Morgan fingerprint density at radius 2 is 2.35 bits per heavy atom. The Kier molecular flexibility index (Phi) is 2.57. The molecular formula is C12H16N4O. The van der Waals surface area contributed by atoms with Crippen LogP contribution in [0.15, 0.2) is 18.3 Å².